The van der Waals surface area contributed by atoms with Crippen molar-refractivity contribution in [2.75, 3.05) is 31.1 Å². The Morgan fingerprint density at radius 3 is 2.82 bits per heavy atom. The van der Waals surface area contributed by atoms with E-state index in [0.29, 0.717) is 0 Å². The Bertz CT molecular complexity index is 553. The average Bonchev–Trinajstić information content (AvgIpc) is 2.59. The second-order valence-corrected chi connectivity index (χ2v) is 6.52. The second kappa shape index (κ2) is 7.11. The smallest absolute Gasteiger partial charge is 0.146 e. The van der Waals surface area contributed by atoms with Gasteiger partial charge in [-0.1, -0.05) is 6.92 Å². The molecule has 22 heavy (non-hydrogen) atoms. The summed E-state index contributed by atoms with van der Waals surface area (Å²) in [5.41, 5.74) is 3.30. The van der Waals surface area contributed by atoms with Gasteiger partial charge in [-0.2, -0.15) is 5.26 Å². The minimum atomic E-state index is 0.763. The maximum Gasteiger partial charge on any atom is 0.146 e. The fraction of sp³-hybridized carbons (Fsp3) is 0.667. The van der Waals surface area contributed by atoms with Crippen LogP contribution in [-0.2, 0) is 12.8 Å². The van der Waals surface area contributed by atoms with Crippen molar-refractivity contribution < 1.29 is 0 Å². The van der Waals surface area contributed by atoms with Crippen LogP contribution in [0, 0.1) is 17.2 Å². The van der Waals surface area contributed by atoms with E-state index in [4.69, 9.17) is 4.98 Å². The number of anilines is 1. The number of rotatable bonds is 4. The molecule has 2 heterocycles. The zero-order chi connectivity index (χ0) is 15.4. The van der Waals surface area contributed by atoms with Crippen molar-refractivity contribution in [2.24, 2.45) is 5.92 Å². The SMILES string of the molecule is CCNCC1CCN(c2nc3c(cc2C#N)CCCC3)CC1. The first kappa shape index (κ1) is 15.3. The van der Waals surface area contributed by atoms with Crippen LogP contribution in [0.1, 0.15) is 49.4 Å². The van der Waals surface area contributed by atoms with Crippen LogP contribution in [0.3, 0.4) is 0 Å². The van der Waals surface area contributed by atoms with Crippen molar-refractivity contribution >= 4 is 5.82 Å². The third-order valence-electron chi connectivity index (χ3n) is 5.00. The highest BCUT2D eigenvalue weighted by Crippen LogP contribution is 2.29. The molecule has 0 unspecified atom stereocenters. The minimum absolute atomic E-state index is 0.763. The Morgan fingerprint density at radius 1 is 1.32 bits per heavy atom. The molecule has 0 bridgehead atoms. The van der Waals surface area contributed by atoms with Gasteiger partial charge in [0.15, 0.2) is 0 Å². The summed E-state index contributed by atoms with van der Waals surface area (Å²) in [6.07, 6.45) is 7.01. The van der Waals surface area contributed by atoms with Gasteiger partial charge in [-0.15, -0.1) is 0 Å². The van der Waals surface area contributed by atoms with Crippen LogP contribution >= 0.6 is 0 Å². The molecule has 1 N–H and O–H groups in total. The number of fused-ring (bicyclic) bond motifs is 1. The van der Waals surface area contributed by atoms with Gasteiger partial charge in [0.25, 0.3) is 0 Å². The maximum atomic E-state index is 9.49. The Labute approximate surface area is 133 Å². The Hall–Kier alpha value is -1.60. The molecule has 1 saturated heterocycles. The Kier molecular flexibility index (Phi) is 4.94. The molecule has 118 valence electrons. The molecule has 3 rings (SSSR count). The van der Waals surface area contributed by atoms with Crippen molar-refractivity contribution in [1.82, 2.24) is 10.3 Å². The van der Waals surface area contributed by atoms with Crippen molar-refractivity contribution in [3.05, 3.63) is 22.9 Å². The Balaban J connectivity index is 1.73. The van der Waals surface area contributed by atoms with Gasteiger partial charge in [0, 0.05) is 18.8 Å². The highest BCUT2D eigenvalue weighted by Gasteiger charge is 2.23. The summed E-state index contributed by atoms with van der Waals surface area (Å²) in [5.74, 6) is 1.70. The number of nitrogens with zero attached hydrogens (tertiary/aromatic N) is 3. The van der Waals surface area contributed by atoms with Crippen LogP contribution in [0.25, 0.3) is 0 Å². The first-order chi connectivity index (χ1) is 10.8. The Morgan fingerprint density at radius 2 is 2.09 bits per heavy atom. The highest BCUT2D eigenvalue weighted by atomic mass is 15.2. The summed E-state index contributed by atoms with van der Waals surface area (Å²) < 4.78 is 0. The number of piperidine rings is 1. The van der Waals surface area contributed by atoms with E-state index in [1.807, 2.05) is 0 Å². The van der Waals surface area contributed by atoms with Gasteiger partial charge in [0.2, 0.25) is 0 Å². The number of hydrogen-bond acceptors (Lipinski definition) is 4. The van der Waals surface area contributed by atoms with Crippen LogP contribution in [0.2, 0.25) is 0 Å². The van der Waals surface area contributed by atoms with Gasteiger partial charge in [-0.05, 0) is 69.2 Å². The van der Waals surface area contributed by atoms with Gasteiger partial charge in [0.1, 0.15) is 11.9 Å². The fourth-order valence-electron chi connectivity index (χ4n) is 3.64. The lowest BCUT2D eigenvalue weighted by atomic mass is 9.93. The van der Waals surface area contributed by atoms with E-state index in [9.17, 15) is 5.26 Å². The van der Waals surface area contributed by atoms with Crippen molar-refractivity contribution in [3.8, 4) is 6.07 Å². The summed E-state index contributed by atoms with van der Waals surface area (Å²) in [6, 6.07) is 4.47. The van der Waals surface area contributed by atoms with Crippen molar-refractivity contribution in [2.45, 2.75) is 45.4 Å². The highest BCUT2D eigenvalue weighted by molar-refractivity contribution is 5.56. The lowest BCUT2D eigenvalue weighted by molar-refractivity contribution is 0.385. The summed E-state index contributed by atoms with van der Waals surface area (Å²) in [6.45, 7) is 6.37. The minimum Gasteiger partial charge on any atom is -0.355 e. The number of nitriles is 1. The standard InChI is InChI=1S/C18H26N4/c1-2-20-13-14-7-9-22(10-8-14)18-16(12-19)11-15-5-3-4-6-17(15)21-18/h11,14,20H,2-10,13H2,1H3. The van der Waals surface area contributed by atoms with Crippen LogP contribution in [0.4, 0.5) is 5.82 Å². The molecular formula is C18H26N4. The summed E-state index contributed by atoms with van der Waals surface area (Å²) in [4.78, 5) is 7.21. The average molecular weight is 298 g/mol. The molecule has 0 amide bonds. The molecule has 0 saturated carbocycles. The largest absolute Gasteiger partial charge is 0.355 e. The lowest BCUT2D eigenvalue weighted by Gasteiger charge is -2.34. The molecule has 0 atom stereocenters. The lowest BCUT2D eigenvalue weighted by Crippen LogP contribution is -2.38. The molecule has 4 heteroatoms. The normalized spacial score (nSPS) is 18.8. The van der Waals surface area contributed by atoms with Crippen LogP contribution in [0.5, 0.6) is 0 Å². The zero-order valence-corrected chi connectivity index (χ0v) is 13.6. The van der Waals surface area contributed by atoms with E-state index in [2.05, 4.69) is 29.3 Å². The molecule has 1 aliphatic carbocycles. The molecule has 0 spiro atoms. The maximum absolute atomic E-state index is 9.49. The topological polar surface area (TPSA) is 52.0 Å². The van der Waals surface area contributed by atoms with Gasteiger partial charge >= 0.3 is 0 Å². The molecule has 1 fully saturated rings. The molecule has 0 aromatic carbocycles. The summed E-state index contributed by atoms with van der Waals surface area (Å²) in [5, 5.41) is 12.9. The predicted octanol–water partition coefficient (Wildman–Crippen LogP) is 2.66. The van der Waals surface area contributed by atoms with E-state index in [0.717, 1.165) is 56.3 Å². The predicted molar refractivity (Wildman–Crippen MR) is 89.1 cm³/mol. The van der Waals surface area contributed by atoms with E-state index >= 15 is 0 Å². The molecule has 1 aromatic heterocycles. The van der Waals surface area contributed by atoms with Crippen LogP contribution in [-0.4, -0.2) is 31.2 Å². The second-order valence-electron chi connectivity index (χ2n) is 6.52. The molecule has 0 radical (unpaired) electrons. The van der Waals surface area contributed by atoms with Crippen LogP contribution in [0.15, 0.2) is 6.07 Å². The number of nitrogens with one attached hydrogen (secondary N) is 1. The van der Waals surface area contributed by atoms with E-state index in [-0.39, 0.29) is 0 Å². The molecule has 1 aromatic rings. The third kappa shape index (κ3) is 3.25. The van der Waals surface area contributed by atoms with Crippen molar-refractivity contribution in [3.63, 3.8) is 0 Å². The molecular weight excluding hydrogens is 272 g/mol. The monoisotopic (exact) mass is 298 g/mol. The first-order valence-corrected chi connectivity index (χ1v) is 8.70. The quantitative estimate of drug-likeness (QED) is 0.928. The van der Waals surface area contributed by atoms with Gasteiger partial charge < -0.3 is 10.2 Å². The third-order valence-corrected chi connectivity index (χ3v) is 5.00. The molecule has 2 aliphatic rings. The number of pyridine rings is 1. The molecule has 4 nitrogen and oxygen atoms in total. The molecule has 1 aliphatic heterocycles. The zero-order valence-electron chi connectivity index (χ0n) is 13.6. The van der Waals surface area contributed by atoms with Crippen molar-refractivity contribution in [1.29, 1.82) is 5.26 Å². The van der Waals surface area contributed by atoms with Gasteiger partial charge in [0.05, 0.1) is 5.56 Å². The summed E-state index contributed by atoms with van der Waals surface area (Å²) >= 11 is 0. The van der Waals surface area contributed by atoms with Gasteiger partial charge in [-0.25, -0.2) is 4.98 Å². The number of aryl methyl sites for hydroxylation is 2. The summed E-state index contributed by atoms with van der Waals surface area (Å²) in [7, 11) is 0. The van der Waals surface area contributed by atoms with E-state index in [1.54, 1.807) is 0 Å². The van der Waals surface area contributed by atoms with E-state index < -0.39 is 0 Å². The number of hydrogen-bond donors (Lipinski definition) is 1. The van der Waals surface area contributed by atoms with Crippen LogP contribution < -0.4 is 10.2 Å². The fourth-order valence-corrected chi connectivity index (χ4v) is 3.64. The van der Waals surface area contributed by atoms with Gasteiger partial charge in [-0.3, -0.25) is 0 Å². The number of aromatic nitrogens is 1. The first-order valence-electron chi connectivity index (χ1n) is 8.70. The van der Waals surface area contributed by atoms with E-state index in [1.165, 1.54) is 36.9 Å².